The van der Waals surface area contributed by atoms with Gasteiger partial charge in [-0.05, 0) is 74.7 Å². The zero-order valence-electron chi connectivity index (χ0n) is 15.8. The highest BCUT2D eigenvalue weighted by Gasteiger charge is 2.60. The number of hydrogen-bond acceptors (Lipinski definition) is 2. The van der Waals surface area contributed by atoms with Crippen LogP contribution in [0, 0.1) is 34.5 Å². The van der Waals surface area contributed by atoms with Crippen LogP contribution in [-0.2, 0) is 9.59 Å². The molecule has 4 aliphatic rings. The van der Waals surface area contributed by atoms with Crippen molar-refractivity contribution < 1.29 is 9.59 Å². The maximum Gasteiger partial charge on any atom is 0.243 e. The van der Waals surface area contributed by atoms with Crippen LogP contribution in [0.2, 0.25) is 0 Å². The smallest absolute Gasteiger partial charge is 0.243 e. The standard InChI is InChI=1S/C21H32N2O2/c1-4-22-19(25)16-7-6-14-13-5-8-17-21(3,12-10-18(24)23-17)15(13)9-11-20(14,16)2/h10,12-17H,4-9,11H2,1-3H3,(H,22,25)(H,23,24)/t13-,14-,15-,16+,17+,20-,21+/m0/s1. The van der Waals surface area contributed by atoms with Gasteiger partial charge in [-0.25, -0.2) is 0 Å². The topological polar surface area (TPSA) is 58.2 Å². The molecule has 4 heteroatoms. The van der Waals surface area contributed by atoms with E-state index in [0.717, 1.165) is 25.8 Å². The second-order valence-electron chi connectivity index (χ2n) is 9.28. The third-order valence-electron chi connectivity index (χ3n) is 8.35. The quantitative estimate of drug-likeness (QED) is 0.809. The molecule has 3 aliphatic carbocycles. The molecule has 0 bridgehead atoms. The van der Waals surface area contributed by atoms with Gasteiger partial charge in [0.05, 0.1) is 0 Å². The number of carbonyl (C=O) groups excluding carboxylic acids is 2. The zero-order chi connectivity index (χ0) is 17.8. The minimum absolute atomic E-state index is 0.0683. The molecule has 1 aliphatic heterocycles. The molecule has 0 unspecified atom stereocenters. The molecule has 3 fully saturated rings. The van der Waals surface area contributed by atoms with E-state index in [1.165, 1.54) is 19.3 Å². The van der Waals surface area contributed by atoms with E-state index in [-0.39, 0.29) is 34.6 Å². The molecule has 4 nitrogen and oxygen atoms in total. The van der Waals surface area contributed by atoms with Crippen molar-refractivity contribution in [3.63, 3.8) is 0 Å². The lowest BCUT2D eigenvalue weighted by atomic mass is 9.48. The third-order valence-corrected chi connectivity index (χ3v) is 8.35. The van der Waals surface area contributed by atoms with Crippen LogP contribution in [0.4, 0.5) is 0 Å². The van der Waals surface area contributed by atoms with Gasteiger partial charge < -0.3 is 10.6 Å². The fraction of sp³-hybridized carbons (Fsp3) is 0.810. The van der Waals surface area contributed by atoms with Gasteiger partial charge in [0.2, 0.25) is 11.8 Å². The molecule has 0 aromatic rings. The van der Waals surface area contributed by atoms with Gasteiger partial charge in [-0.2, -0.15) is 0 Å². The first-order chi connectivity index (χ1) is 11.9. The van der Waals surface area contributed by atoms with Crippen LogP contribution < -0.4 is 10.6 Å². The van der Waals surface area contributed by atoms with E-state index in [2.05, 4.69) is 30.6 Å². The summed E-state index contributed by atoms with van der Waals surface area (Å²) in [5.74, 6) is 2.51. The number of nitrogens with one attached hydrogen (secondary N) is 2. The minimum atomic E-state index is 0.0683. The van der Waals surface area contributed by atoms with E-state index in [4.69, 9.17) is 0 Å². The normalized spacial score (nSPS) is 48.1. The SMILES string of the molecule is CCNC(=O)[C@H]1CC[C@H]2[C@@H]3CC[C@H]4NC(=O)C=C[C@]4(C)[C@H]3CC[C@]12C. The Balaban J connectivity index is 1.61. The van der Waals surface area contributed by atoms with Crippen molar-refractivity contribution in [2.45, 2.75) is 65.3 Å². The van der Waals surface area contributed by atoms with Crippen LogP contribution >= 0.6 is 0 Å². The zero-order valence-corrected chi connectivity index (χ0v) is 15.8. The summed E-state index contributed by atoms with van der Waals surface area (Å²) in [6.07, 6.45) is 10.8. The molecule has 138 valence electrons. The summed E-state index contributed by atoms with van der Waals surface area (Å²) in [6.45, 7) is 7.47. The van der Waals surface area contributed by atoms with Gasteiger partial charge in [0, 0.05) is 23.9 Å². The molecule has 2 amide bonds. The Hall–Kier alpha value is -1.32. The van der Waals surface area contributed by atoms with Crippen molar-refractivity contribution in [1.29, 1.82) is 0 Å². The molecule has 0 spiro atoms. The Morgan fingerprint density at radius 1 is 1.20 bits per heavy atom. The van der Waals surface area contributed by atoms with Crippen molar-refractivity contribution in [1.82, 2.24) is 10.6 Å². The van der Waals surface area contributed by atoms with Crippen molar-refractivity contribution in [2.75, 3.05) is 6.54 Å². The molecule has 2 N–H and O–H groups in total. The minimum Gasteiger partial charge on any atom is -0.356 e. The van der Waals surface area contributed by atoms with Gasteiger partial charge in [0.25, 0.3) is 0 Å². The number of hydrogen-bond donors (Lipinski definition) is 2. The number of amides is 2. The highest BCUT2D eigenvalue weighted by atomic mass is 16.2. The Labute approximate surface area is 151 Å². The summed E-state index contributed by atoms with van der Waals surface area (Å²) in [6, 6.07) is 0.288. The lowest BCUT2D eigenvalue weighted by molar-refractivity contribution is -0.134. The van der Waals surface area contributed by atoms with Crippen molar-refractivity contribution in [2.24, 2.45) is 34.5 Å². The summed E-state index contributed by atoms with van der Waals surface area (Å²) in [4.78, 5) is 24.4. The first-order valence-corrected chi connectivity index (χ1v) is 10.2. The first-order valence-electron chi connectivity index (χ1n) is 10.2. The first kappa shape index (κ1) is 17.1. The Morgan fingerprint density at radius 3 is 2.76 bits per heavy atom. The average molecular weight is 344 g/mol. The maximum atomic E-state index is 12.6. The molecule has 0 aromatic heterocycles. The number of carbonyl (C=O) groups is 2. The lowest BCUT2D eigenvalue weighted by Crippen LogP contribution is -2.59. The fourth-order valence-corrected chi connectivity index (χ4v) is 7.06. The summed E-state index contributed by atoms with van der Waals surface area (Å²) in [7, 11) is 0. The predicted molar refractivity (Wildman–Crippen MR) is 97.6 cm³/mol. The van der Waals surface area contributed by atoms with Crippen LogP contribution in [0.3, 0.4) is 0 Å². The van der Waals surface area contributed by atoms with Gasteiger partial charge in [0.1, 0.15) is 0 Å². The molecular formula is C21H32N2O2. The highest BCUT2D eigenvalue weighted by Crippen LogP contribution is 2.64. The summed E-state index contributed by atoms with van der Waals surface area (Å²) in [5.41, 5.74) is 0.243. The number of fused-ring (bicyclic) bond motifs is 5. The van der Waals surface area contributed by atoms with Crippen molar-refractivity contribution >= 4 is 11.8 Å². The maximum absolute atomic E-state index is 12.6. The van der Waals surface area contributed by atoms with E-state index in [1.54, 1.807) is 6.08 Å². The van der Waals surface area contributed by atoms with Crippen LogP contribution in [0.5, 0.6) is 0 Å². The Morgan fingerprint density at radius 2 is 2.00 bits per heavy atom. The van der Waals surface area contributed by atoms with Crippen LogP contribution in [0.1, 0.15) is 59.3 Å². The van der Waals surface area contributed by atoms with E-state index in [1.807, 2.05) is 6.92 Å². The second kappa shape index (κ2) is 5.85. The monoisotopic (exact) mass is 344 g/mol. The molecule has 0 radical (unpaired) electrons. The van der Waals surface area contributed by atoms with E-state index in [0.29, 0.717) is 17.8 Å². The molecule has 25 heavy (non-hydrogen) atoms. The van der Waals surface area contributed by atoms with Crippen molar-refractivity contribution in [3.05, 3.63) is 12.2 Å². The predicted octanol–water partition coefficient (Wildman–Crippen LogP) is 3.04. The van der Waals surface area contributed by atoms with E-state index < -0.39 is 0 Å². The van der Waals surface area contributed by atoms with Gasteiger partial charge in [-0.15, -0.1) is 0 Å². The van der Waals surface area contributed by atoms with Crippen LogP contribution in [0.15, 0.2) is 12.2 Å². The van der Waals surface area contributed by atoms with Crippen LogP contribution in [0.25, 0.3) is 0 Å². The number of rotatable bonds is 2. The molecule has 4 rings (SSSR count). The summed E-state index contributed by atoms with van der Waals surface area (Å²) in [5, 5.41) is 6.29. The third kappa shape index (κ3) is 2.39. The van der Waals surface area contributed by atoms with E-state index >= 15 is 0 Å². The summed E-state index contributed by atoms with van der Waals surface area (Å²) < 4.78 is 0. The average Bonchev–Trinajstić information content (AvgIpc) is 2.93. The van der Waals surface area contributed by atoms with Crippen molar-refractivity contribution in [3.8, 4) is 0 Å². The lowest BCUT2D eigenvalue weighted by Gasteiger charge is -2.58. The van der Waals surface area contributed by atoms with Crippen LogP contribution in [-0.4, -0.2) is 24.4 Å². The largest absolute Gasteiger partial charge is 0.356 e. The molecule has 0 saturated heterocycles. The summed E-state index contributed by atoms with van der Waals surface area (Å²) >= 11 is 0. The van der Waals surface area contributed by atoms with E-state index in [9.17, 15) is 9.59 Å². The van der Waals surface area contributed by atoms with Gasteiger partial charge in [0.15, 0.2) is 0 Å². The molecule has 7 atom stereocenters. The Bertz CT molecular complexity index is 615. The molecule has 3 saturated carbocycles. The second-order valence-corrected chi connectivity index (χ2v) is 9.28. The highest BCUT2D eigenvalue weighted by molar-refractivity contribution is 5.89. The molecule has 1 heterocycles. The Kier molecular flexibility index (Phi) is 4.01. The van der Waals surface area contributed by atoms with Gasteiger partial charge in [-0.3, -0.25) is 9.59 Å². The van der Waals surface area contributed by atoms with Gasteiger partial charge >= 0.3 is 0 Å². The molecular weight excluding hydrogens is 312 g/mol. The fourth-order valence-electron chi connectivity index (χ4n) is 7.06. The van der Waals surface area contributed by atoms with Gasteiger partial charge in [-0.1, -0.05) is 19.9 Å². The molecule has 0 aromatic carbocycles.